The van der Waals surface area contributed by atoms with E-state index in [-0.39, 0.29) is 5.82 Å². The lowest BCUT2D eigenvalue weighted by atomic mass is 10.2. The average Bonchev–Trinajstić information content (AvgIpc) is 3.48. The fourth-order valence-corrected chi connectivity index (χ4v) is 3.40. The first-order chi connectivity index (χ1) is 13.7. The van der Waals surface area contributed by atoms with Crippen LogP contribution in [0.4, 0.5) is 21.7 Å². The zero-order valence-corrected chi connectivity index (χ0v) is 16.2. The zero-order valence-electron chi connectivity index (χ0n) is 16.2. The number of hydrogen-bond donors (Lipinski definition) is 3. The molecule has 0 spiro atoms. The first-order valence-corrected chi connectivity index (χ1v) is 10.0. The highest BCUT2D eigenvalue weighted by molar-refractivity contribution is 5.66. The zero-order chi connectivity index (χ0) is 19.3. The minimum Gasteiger partial charge on any atom is -0.373 e. The highest BCUT2D eigenvalue weighted by Crippen LogP contribution is 2.42. The molecule has 28 heavy (non-hydrogen) atoms. The van der Waals surface area contributed by atoms with Crippen molar-refractivity contribution in [1.82, 2.24) is 19.9 Å². The van der Waals surface area contributed by atoms with Gasteiger partial charge in [0.25, 0.3) is 0 Å². The van der Waals surface area contributed by atoms with Crippen LogP contribution >= 0.6 is 0 Å². The lowest BCUT2D eigenvalue weighted by Gasteiger charge is -2.11. The number of nitrogens with zero attached hydrogens (tertiary/aromatic N) is 3. The topological polar surface area (TPSA) is 66.3 Å². The molecule has 2 fully saturated rings. The lowest BCUT2D eigenvalue weighted by molar-refractivity contribution is 0.520. The van der Waals surface area contributed by atoms with Crippen molar-refractivity contribution in [2.75, 3.05) is 30.8 Å². The SMILES string of the molecule is C1CCNCC1.CNc1cc(Nc2cccc(F)c2)n2ncc(C3CC3)c2n1. The van der Waals surface area contributed by atoms with Crippen LogP contribution in [-0.4, -0.2) is 34.7 Å². The van der Waals surface area contributed by atoms with E-state index in [1.165, 1.54) is 62.9 Å². The van der Waals surface area contributed by atoms with Gasteiger partial charge in [-0.2, -0.15) is 9.61 Å². The third-order valence-corrected chi connectivity index (χ3v) is 5.08. The summed E-state index contributed by atoms with van der Waals surface area (Å²) in [5.74, 6) is 1.81. The largest absolute Gasteiger partial charge is 0.373 e. The standard InChI is InChI=1S/C16H16FN5.C5H11N/c1-18-14-8-15(20-12-4-2-3-11(17)7-12)22-16(21-14)13(9-19-22)10-5-6-10;1-2-4-6-5-3-1/h2-4,7-10,20H,5-6H2,1H3,(H,18,21);6H,1-5H2. The van der Waals surface area contributed by atoms with E-state index in [0.29, 0.717) is 11.6 Å². The van der Waals surface area contributed by atoms with Gasteiger partial charge in [0.15, 0.2) is 5.65 Å². The molecular weight excluding hydrogens is 355 g/mol. The van der Waals surface area contributed by atoms with Crippen LogP contribution in [0.15, 0.2) is 36.5 Å². The van der Waals surface area contributed by atoms with Gasteiger partial charge in [-0.15, -0.1) is 0 Å². The molecule has 1 aliphatic carbocycles. The Hall–Kier alpha value is -2.67. The Morgan fingerprint density at radius 1 is 1.14 bits per heavy atom. The van der Waals surface area contributed by atoms with E-state index < -0.39 is 0 Å². The van der Waals surface area contributed by atoms with Gasteiger partial charge in [-0.05, 0) is 62.9 Å². The van der Waals surface area contributed by atoms with Crippen molar-refractivity contribution in [3.05, 3.63) is 47.9 Å². The molecule has 0 atom stereocenters. The monoisotopic (exact) mass is 382 g/mol. The van der Waals surface area contributed by atoms with Crippen LogP contribution < -0.4 is 16.0 Å². The molecule has 148 valence electrons. The molecule has 7 heteroatoms. The van der Waals surface area contributed by atoms with E-state index in [2.05, 4.69) is 26.0 Å². The summed E-state index contributed by atoms with van der Waals surface area (Å²) in [6.45, 7) is 2.50. The van der Waals surface area contributed by atoms with Crippen LogP contribution in [0.3, 0.4) is 0 Å². The predicted molar refractivity (Wildman–Crippen MR) is 111 cm³/mol. The van der Waals surface area contributed by atoms with Crippen molar-refractivity contribution in [2.45, 2.75) is 38.0 Å². The summed E-state index contributed by atoms with van der Waals surface area (Å²) >= 11 is 0. The van der Waals surface area contributed by atoms with Crippen LogP contribution in [0, 0.1) is 5.82 Å². The number of hydrogen-bond acceptors (Lipinski definition) is 5. The van der Waals surface area contributed by atoms with Crippen molar-refractivity contribution >= 4 is 23.0 Å². The van der Waals surface area contributed by atoms with Crippen molar-refractivity contribution in [3.8, 4) is 0 Å². The minimum absolute atomic E-state index is 0.275. The second-order valence-electron chi connectivity index (χ2n) is 7.33. The molecule has 0 unspecified atom stereocenters. The maximum Gasteiger partial charge on any atom is 0.163 e. The Morgan fingerprint density at radius 3 is 2.57 bits per heavy atom. The maximum atomic E-state index is 13.4. The molecule has 2 aromatic heterocycles. The minimum atomic E-state index is -0.275. The van der Waals surface area contributed by atoms with E-state index in [4.69, 9.17) is 0 Å². The highest BCUT2D eigenvalue weighted by Gasteiger charge is 2.28. The van der Waals surface area contributed by atoms with Gasteiger partial charge < -0.3 is 16.0 Å². The molecule has 0 amide bonds. The molecule has 2 aliphatic rings. The molecule has 1 aromatic carbocycles. The Balaban J connectivity index is 0.000000275. The van der Waals surface area contributed by atoms with Crippen LogP contribution in [0.5, 0.6) is 0 Å². The fourth-order valence-electron chi connectivity index (χ4n) is 3.40. The van der Waals surface area contributed by atoms with Crippen LogP contribution in [-0.2, 0) is 0 Å². The Labute approximate surface area is 164 Å². The Kier molecular flexibility index (Phi) is 5.71. The van der Waals surface area contributed by atoms with E-state index >= 15 is 0 Å². The quantitative estimate of drug-likeness (QED) is 0.628. The van der Waals surface area contributed by atoms with Gasteiger partial charge >= 0.3 is 0 Å². The second-order valence-corrected chi connectivity index (χ2v) is 7.33. The van der Waals surface area contributed by atoms with Gasteiger partial charge in [-0.3, -0.25) is 0 Å². The number of aromatic nitrogens is 3. The summed E-state index contributed by atoms with van der Waals surface area (Å²) in [5, 5.41) is 14.0. The molecule has 1 aliphatic heterocycles. The van der Waals surface area contributed by atoms with Crippen LogP contribution in [0.25, 0.3) is 5.65 Å². The number of piperidine rings is 1. The van der Waals surface area contributed by atoms with Crippen molar-refractivity contribution in [3.63, 3.8) is 0 Å². The first kappa shape index (κ1) is 18.7. The molecule has 6 nitrogen and oxygen atoms in total. The van der Waals surface area contributed by atoms with Gasteiger partial charge in [0.2, 0.25) is 0 Å². The van der Waals surface area contributed by atoms with E-state index in [0.717, 1.165) is 17.3 Å². The molecule has 1 saturated heterocycles. The summed E-state index contributed by atoms with van der Waals surface area (Å²) in [5.41, 5.74) is 2.71. The number of fused-ring (bicyclic) bond motifs is 1. The number of halogens is 1. The molecule has 3 aromatic rings. The molecular formula is C21H27FN6. The van der Waals surface area contributed by atoms with Crippen LogP contribution in [0.2, 0.25) is 0 Å². The normalized spacial score (nSPS) is 16.4. The number of nitrogens with one attached hydrogen (secondary N) is 3. The molecule has 3 N–H and O–H groups in total. The predicted octanol–water partition coefficient (Wildman–Crippen LogP) is 4.29. The van der Waals surface area contributed by atoms with Gasteiger partial charge in [0.1, 0.15) is 17.5 Å². The van der Waals surface area contributed by atoms with E-state index in [9.17, 15) is 4.39 Å². The highest BCUT2D eigenvalue weighted by atomic mass is 19.1. The maximum absolute atomic E-state index is 13.4. The van der Waals surface area contributed by atoms with Crippen molar-refractivity contribution in [1.29, 1.82) is 0 Å². The number of benzene rings is 1. The summed E-state index contributed by atoms with van der Waals surface area (Å²) < 4.78 is 15.1. The number of rotatable bonds is 4. The molecule has 1 saturated carbocycles. The Morgan fingerprint density at radius 2 is 1.96 bits per heavy atom. The van der Waals surface area contributed by atoms with Gasteiger partial charge in [-0.1, -0.05) is 12.5 Å². The lowest BCUT2D eigenvalue weighted by Crippen LogP contribution is -2.21. The molecule has 0 radical (unpaired) electrons. The number of anilines is 3. The van der Waals surface area contributed by atoms with Gasteiger partial charge in [-0.25, -0.2) is 9.37 Å². The molecule has 3 heterocycles. The summed E-state index contributed by atoms with van der Waals surface area (Å²) in [6.07, 6.45) is 8.49. The first-order valence-electron chi connectivity index (χ1n) is 10.0. The van der Waals surface area contributed by atoms with Gasteiger partial charge in [0, 0.05) is 24.4 Å². The summed E-state index contributed by atoms with van der Waals surface area (Å²) in [4.78, 5) is 4.61. The van der Waals surface area contributed by atoms with Crippen molar-refractivity contribution < 1.29 is 4.39 Å². The van der Waals surface area contributed by atoms with Crippen molar-refractivity contribution in [2.24, 2.45) is 0 Å². The third-order valence-electron chi connectivity index (χ3n) is 5.08. The second kappa shape index (κ2) is 8.56. The van der Waals surface area contributed by atoms with E-state index in [1.807, 2.05) is 25.4 Å². The Bertz CT molecular complexity index is 918. The molecule has 0 bridgehead atoms. The third kappa shape index (κ3) is 4.42. The van der Waals surface area contributed by atoms with Crippen LogP contribution in [0.1, 0.15) is 43.6 Å². The van der Waals surface area contributed by atoms with E-state index in [1.54, 1.807) is 10.6 Å². The van der Waals surface area contributed by atoms with Gasteiger partial charge in [0.05, 0.1) is 6.20 Å². The summed E-state index contributed by atoms with van der Waals surface area (Å²) in [6, 6.07) is 8.23. The summed E-state index contributed by atoms with van der Waals surface area (Å²) in [7, 11) is 1.83. The average molecular weight is 382 g/mol. The fraction of sp³-hybridized carbons (Fsp3) is 0.429. The smallest absolute Gasteiger partial charge is 0.163 e. The molecule has 5 rings (SSSR count).